The Balaban J connectivity index is 1.44. The van der Waals surface area contributed by atoms with E-state index in [0.717, 1.165) is 33.0 Å². The van der Waals surface area contributed by atoms with Gasteiger partial charge in [0, 0.05) is 12.3 Å². The number of nitrogens with one attached hydrogen (secondary N) is 1. The van der Waals surface area contributed by atoms with Crippen LogP contribution < -0.4 is 10.1 Å². The van der Waals surface area contributed by atoms with Crippen molar-refractivity contribution in [3.63, 3.8) is 0 Å². The predicted octanol–water partition coefficient (Wildman–Crippen LogP) is 3.94. The van der Waals surface area contributed by atoms with E-state index in [1.54, 1.807) is 24.0 Å². The lowest BCUT2D eigenvalue weighted by atomic mass is 10.1. The highest BCUT2D eigenvalue weighted by atomic mass is 32.1. The molecule has 5 aromatic heterocycles. The summed E-state index contributed by atoms with van der Waals surface area (Å²) < 4.78 is 11.5. The van der Waals surface area contributed by atoms with Gasteiger partial charge in [0.05, 0.1) is 41.6 Å². The average Bonchev–Trinajstić information content (AvgIpc) is 3.44. The molecule has 10 heteroatoms. The summed E-state index contributed by atoms with van der Waals surface area (Å²) >= 11 is 1.45. The number of aromatic nitrogens is 7. The number of methoxy groups -OCH3 is 1. The molecule has 0 amide bonds. The van der Waals surface area contributed by atoms with Crippen molar-refractivity contribution in [2.75, 3.05) is 12.4 Å². The van der Waals surface area contributed by atoms with E-state index in [1.165, 1.54) is 11.5 Å². The van der Waals surface area contributed by atoms with Crippen LogP contribution in [0.1, 0.15) is 31.3 Å². The molecule has 0 aliphatic carbocycles. The van der Waals surface area contributed by atoms with Gasteiger partial charge in [-0.3, -0.25) is 4.98 Å². The normalized spacial score (nSPS) is 11.5. The molecular weight excluding hydrogens is 412 g/mol. The van der Waals surface area contributed by atoms with E-state index in [2.05, 4.69) is 49.8 Å². The number of anilines is 1. The quantitative estimate of drug-likeness (QED) is 0.430. The topological polar surface area (TPSA) is 103 Å². The van der Waals surface area contributed by atoms with Crippen LogP contribution in [0, 0.1) is 0 Å². The summed E-state index contributed by atoms with van der Waals surface area (Å²) in [5.74, 6) is 1.75. The Hall–Kier alpha value is -3.66. The molecule has 5 rings (SSSR count). The van der Waals surface area contributed by atoms with E-state index in [0.29, 0.717) is 29.7 Å². The number of hydrogen-bond acceptors (Lipinski definition) is 9. The van der Waals surface area contributed by atoms with E-state index in [4.69, 9.17) is 9.84 Å². The van der Waals surface area contributed by atoms with E-state index in [9.17, 15) is 0 Å². The van der Waals surface area contributed by atoms with Crippen molar-refractivity contribution < 1.29 is 4.74 Å². The molecule has 1 N–H and O–H groups in total. The van der Waals surface area contributed by atoms with E-state index in [1.807, 2.05) is 24.3 Å². The molecule has 0 bridgehead atoms. The van der Waals surface area contributed by atoms with Gasteiger partial charge < -0.3 is 10.1 Å². The predicted molar refractivity (Wildman–Crippen MR) is 119 cm³/mol. The van der Waals surface area contributed by atoms with Gasteiger partial charge in [-0.2, -0.15) is 14.0 Å². The SMILES string of the molecule is COc1cnc2c(NCc3nnc4ccc(-c5cc(C(C)C)ns5)nn34)ccnc2c1. The van der Waals surface area contributed by atoms with Crippen LogP contribution in [0.2, 0.25) is 0 Å². The number of rotatable bonds is 6. The van der Waals surface area contributed by atoms with E-state index < -0.39 is 0 Å². The van der Waals surface area contributed by atoms with Gasteiger partial charge in [-0.25, -0.2) is 4.98 Å². The van der Waals surface area contributed by atoms with Gasteiger partial charge >= 0.3 is 0 Å². The van der Waals surface area contributed by atoms with Crippen LogP contribution in [-0.2, 0) is 6.54 Å². The fourth-order valence-corrected chi connectivity index (χ4v) is 4.04. The number of ether oxygens (including phenoxy) is 1. The third kappa shape index (κ3) is 3.66. The third-order valence-corrected chi connectivity index (χ3v) is 5.75. The van der Waals surface area contributed by atoms with Gasteiger partial charge in [0.2, 0.25) is 0 Å². The highest BCUT2D eigenvalue weighted by Gasteiger charge is 2.13. The lowest BCUT2D eigenvalue weighted by Crippen LogP contribution is -2.07. The molecular formula is C21H20N8OS. The van der Waals surface area contributed by atoms with Crippen LogP contribution in [0.4, 0.5) is 5.69 Å². The van der Waals surface area contributed by atoms with Crippen LogP contribution in [0.3, 0.4) is 0 Å². The minimum absolute atomic E-state index is 0.382. The Morgan fingerprint density at radius 1 is 1.13 bits per heavy atom. The molecule has 0 aliphatic heterocycles. The van der Waals surface area contributed by atoms with Crippen molar-refractivity contribution in [1.82, 2.24) is 34.2 Å². The lowest BCUT2D eigenvalue weighted by Gasteiger charge is -2.08. The van der Waals surface area contributed by atoms with Gasteiger partial charge in [-0.1, -0.05) is 13.8 Å². The first-order valence-electron chi connectivity index (χ1n) is 9.83. The third-order valence-electron chi connectivity index (χ3n) is 4.92. The minimum atomic E-state index is 0.382. The second-order valence-electron chi connectivity index (χ2n) is 7.33. The molecule has 9 nitrogen and oxygen atoms in total. The molecule has 0 atom stereocenters. The van der Waals surface area contributed by atoms with Crippen LogP contribution in [0.15, 0.2) is 42.7 Å². The van der Waals surface area contributed by atoms with E-state index in [-0.39, 0.29) is 0 Å². The van der Waals surface area contributed by atoms with Gasteiger partial charge in [-0.15, -0.1) is 10.2 Å². The highest BCUT2D eigenvalue weighted by molar-refractivity contribution is 7.09. The van der Waals surface area contributed by atoms with Crippen molar-refractivity contribution >= 4 is 33.9 Å². The molecule has 0 unspecified atom stereocenters. The number of nitrogens with zero attached hydrogens (tertiary/aromatic N) is 7. The van der Waals surface area contributed by atoms with Crippen molar-refractivity contribution in [3.8, 4) is 16.3 Å². The monoisotopic (exact) mass is 432 g/mol. The standard InChI is InChI=1S/C21H20N8OS/c1-12(2)16-9-18(31-28-16)14-4-5-19-25-26-20(29(19)27-14)11-23-15-6-7-22-17-8-13(30-3)10-24-21(15)17/h4-10,12H,11H2,1-3H3,(H,22,23). The van der Waals surface area contributed by atoms with Crippen molar-refractivity contribution in [1.29, 1.82) is 0 Å². The zero-order chi connectivity index (χ0) is 21.4. The second-order valence-corrected chi connectivity index (χ2v) is 8.14. The summed E-state index contributed by atoms with van der Waals surface area (Å²) in [7, 11) is 1.61. The van der Waals surface area contributed by atoms with Crippen LogP contribution in [-0.4, -0.2) is 41.3 Å². The zero-order valence-corrected chi connectivity index (χ0v) is 18.1. The molecule has 0 saturated heterocycles. The maximum atomic E-state index is 5.23. The first-order chi connectivity index (χ1) is 15.1. The summed E-state index contributed by atoms with van der Waals surface area (Å²) in [6.45, 7) is 4.70. The summed E-state index contributed by atoms with van der Waals surface area (Å²) in [6.07, 6.45) is 3.41. The van der Waals surface area contributed by atoms with Crippen LogP contribution in [0.5, 0.6) is 5.75 Å². The summed E-state index contributed by atoms with van der Waals surface area (Å²) in [5, 5.41) is 16.7. The molecule has 5 heterocycles. The molecule has 156 valence electrons. The van der Waals surface area contributed by atoms with Gasteiger partial charge in [0.1, 0.15) is 17.0 Å². The molecule has 5 aromatic rings. The molecule has 31 heavy (non-hydrogen) atoms. The van der Waals surface area contributed by atoms with E-state index >= 15 is 0 Å². The van der Waals surface area contributed by atoms with Gasteiger partial charge in [0.15, 0.2) is 11.5 Å². The summed E-state index contributed by atoms with van der Waals surface area (Å²) in [5.41, 5.74) is 4.97. The molecule has 0 fully saturated rings. The Morgan fingerprint density at radius 2 is 2.03 bits per heavy atom. The van der Waals surface area contributed by atoms with Crippen LogP contribution in [0.25, 0.3) is 27.3 Å². The Morgan fingerprint density at radius 3 is 2.84 bits per heavy atom. The van der Waals surface area contributed by atoms with Gasteiger partial charge in [-0.05, 0) is 41.7 Å². The highest BCUT2D eigenvalue weighted by Crippen LogP contribution is 2.27. The van der Waals surface area contributed by atoms with Crippen molar-refractivity contribution in [2.24, 2.45) is 0 Å². The Kier molecular flexibility index (Phi) is 4.91. The largest absolute Gasteiger partial charge is 0.495 e. The first kappa shape index (κ1) is 19.3. The van der Waals surface area contributed by atoms with Crippen molar-refractivity contribution in [3.05, 3.63) is 54.2 Å². The summed E-state index contributed by atoms with van der Waals surface area (Å²) in [6, 6.07) is 9.70. The minimum Gasteiger partial charge on any atom is -0.495 e. The average molecular weight is 433 g/mol. The Bertz CT molecular complexity index is 1380. The molecule has 0 spiro atoms. The lowest BCUT2D eigenvalue weighted by molar-refractivity contribution is 0.413. The maximum Gasteiger partial charge on any atom is 0.178 e. The second kappa shape index (κ2) is 7.88. The molecule has 0 radical (unpaired) electrons. The number of fused-ring (bicyclic) bond motifs is 2. The first-order valence-corrected chi connectivity index (χ1v) is 10.6. The molecule has 0 saturated carbocycles. The van der Waals surface area contributed by atoms with Crippen LogP contribution >= 0.6 is 11.5 Å². The zero-order valence-electron chi connectivity index (χ0n) is 17.3. The fourth-order valence-electron chi connectivity index (χ4n) is 3.20. The molecule has 0 aliphatic rings. The van der Waals surface area contributed by atoms with Crippen molar-refractivity contribution in [2.45, 2.75) is 26.3 Å². The molecule has 0 aromatic carbocycles. The Labute approximate surface area is 182 Å². The smallest absolute Gasteiger partial charge is 0.178 e. The number of pyridine rings is 2. The number of hydrogen-bond donors (Lipinski definition) is 1. The fraction of sp³-hybridized carbons (Fsp3) is 0.238. The van der Waals surface area contributed by atoms with Gasteiger partial charge in [0.25, 0.3) is 0 Å². The maximum absolute atomic E-state index is 5.23. The summed E-state index contributed by atoms with van der Waals surface area (Å²) in [4.78, 5) is 9.87.